The van der Waals surface area contributed by atoms with Gasteiger partial charge in [-0.1, -0.05) is 36.7 Å². The van der Waals surface area contributed by atoms with Crippen molar-refractivity contribution < 1.29 is 22.7 Å². The van der Waals surface area contributed by atoms with Gasteiger partial charge in [0.05, 0.1) is 5.56 Å². The van der Waals surface area contributed by atoms with Crippen LogP contribution in [0.3, 0.4) is 0 Å². The molecule has 0 atom stereocenters. The maximum absolute atomic E-state index is 12.6. The van der Waals surface area contributed by atoms with E-state index in [1.165, 1.54) is 17.8 Å². The molecule has 1 fully saturated rings. The van der Waals surface area contributed by atoms with Crippen molar-refractivity contribution in [3.05, 3.63) is 28.8 Å². The molecule has 0 unspecified atom stereocenters. The molecule has 0 radical (unpaired) electrons. The number of alkyl halides is 3. The molecule has 2 rings (SSSR count). The highest BCUT2D eigenvalue weighted by atomic mass is 35.5. The van der Waals surface area contributed by atoms with Crippen molar-refractivity contribution in [2.75, 3.05) is 13.1 Å². The molecule has 1 aromatic carbocycles. The van der Waals surface area contributed by atoms with E-state index in [0.717, 1.165) is 31.5 Å². The molecule has 0 bridgehead atoms. The largest absolute Gasteiger partial charge is 0.573 e. The quantitative estimate of drug-likeness (QED) is 0.657. The van der Waals surface area contributed by atoms with E-state index in [1.807, 2.05) is 18.7 Å². The Morgan fingerprint density at radius 1 is 1.42 bits per heavy atom. The van der Waals surface area contributed by atoms with Crippen molar-refractivity contribution in [2.45, 2.75) is 44.7 Å². The van der Waals surface area contributed by atoms with Gasteiger partial charge in [0, 0.05) is 22.9 Å². The first kappa shape index (κ1) is 20.9. The summed E-state index contributed by atoms with van der Waals surface area (Å²) in [6, 6.07) is 3.38. The minimum Gasteiger partial charge on any atom is -0.405 e. The van der Waals surface area contributed by atoms with Crippen LogP contribution in [0.1, 0.15) is 44.0 Å². The zero-order valence-electron chi connectivity index (χ0n) is 14.7. The summed E-state index contributed by atoms with van der Waals surface area (Å²) in [6.45, 7) is 7.57. The second-order valence-electron chi connectivity index (χ2n) is 6.52. The molecule has 0 aliphatic carbocycles. The molecule has 1 aliphatic heterocycles. The van der Waals surface area contributed by atoms with Gasteiger partial charge in [0.25, 0.3) is 5.91 Å². The predicted molar refractivity (Wildman–Crippen MR) is 98.1 cm³/mol. The fourth-order valence-corrected chi connectivity index (χ4v) is 3.82. The normalized spacial score (nSPS) is 18.4. The lowest BCUT2D eigenvalue weighted by molar-refractivity contribution is -0.274. The van der Waals surface area contributed by atoms with Gasteiger partial charge < -0.3 is 9.64 Å². The molecule has 0 N–H and O–H groups in total. The number of amidine groups is 1. The summed E-state index contributed by atoms with van der Waals surface area (Å²) in [5.74, 6) is -1.42. The molecule has 9 heteroatoms. The molecule has 144 valence electrons. The zero-order chi connectivity index (χ0) is 19.5. The first-order valence-corrected chi connectivity index (χ1v) is 9.32. The van der Waals surface area contributed by atoms with E-state index < -0.39 is 18.0 Å². The Bertz CT molecular complexity index is 708. The highest BCUT2D eigenvalue weighted by Crippen LogP contribution is 2.36. The van der Waals surface area contributed by atoms with Gasteiger partial charge in [0.15, 0.2) is 5.17 Å². The Morgan fingerprint density at radius 3 is 2.73 bits per heavy atom. The number of hydrogen-bond acceptors (Lipinski definition) is 3. The first-order chi connectivity index (χ1) is 12.0. The highest BCUT2D eigenvalue weighted by Gasteiger charge is 2.36. The molecule has 0 saturated carbocycles. The minimum absolute atomic E-state index is 0.130. The van der Waals surface area contributed by atoms with Gasteiger partial charge in [-0.15, -0.1) is 13.2 Å². The number of rotatable bonds is 5. The van der Waals surface area contributed by atoms with Gasteiger partial charge in [-0.2, -0.15) is 4.99 Å². The third kappa shape index (κ3) is 5.81. The molecule has 1 aliphatic rings. The monoisotopic (exact) mass is 408 g/mol. The molecule has 1 heterocycles. The van der Waals surface area contributed by atoms with E-state index in [0.29, 0.717) is 11.7 Å². The molecule has 26 heavy (non-hydrogen) atoms. The Kier molecular flexibility index (Phi) is 6.50. The molecular formula is C17H20ClF3N2O2S. The number of unbranched alkanes of at least 4 members (excludes halogenated alkanes) is 1. The highest BCUT2D eigenvalue weighted by molar-refractivity contribution is 8.15. The Labute approximate surface area is 159 Å². The van der Waals surface area contributed by atoms with Crippen molar-refractivity contribution in [2.24, 2.45) is 4.99 Å². The van der Waals surface area contributed by atoms with E-state index in [9.17, 15) is 18.0 Å². The third-order valence-corrected chi connectivity index (χ3v) is 5.04. The number of thioether (sulfide) groups is 1. The first-order valence-electron chi connectivity index (χ1n) is 8.13. The number of ether oxygens (including phenoxy) is 1. The van der Waals surface area contributed by atoms with Gasteiger partial charge in [0.2, 0.25) is 0 Å². The van der Waals surface area contributed by atoms with Crippen LogP contribution in [0.5, 0.6) is 5.75 Å². The van der Waals surface area contributed by atoms with Crippen LogP contribution in [-0.4, -0.2) is 40.2 Å². The summed E-state index contributed by atoms with van der Waals surface area (Å²) < 4.78 is 41.5. The van der Waals surface area contributed by atoms with Crippen molar-refractivity contribution in [3.8, 4) is 5.75 Å². The van der Waals surface area contributed by atoms with Crippen LogP contribution < -0.4 is 4.74 Å². The smallest absolute Gasteiger partial charge is 0.405 e. The second kappa shape index (κ2) is 8.08. The fourth-order valence-electron chi connectivity index (χ4n) is 2.52. The van der Waals surface area contributed by atoms with Crippen LogP contribution in [0.4, 0.5) is 13.2 Å². The number of carbonyl (C=O) groups excluding carboxylic acids is 1. The number of amides is 1. The number of halogens is 4. The maximum atomic E-state index is 12.6. The van der Waals surface area contributed by atoms with Crippen molar-refractivity contribution in [1.82, 2.24) is 4.90 Å². The van der Waals surface area contributed by atoms with E-state index in [-0.39, 0.29) is 15.3 Å². The zero-order valence-corrected chi connectivity index (χ0v) is 16.3. The molecule has 1 aromatic rings. The maximum Gasteiger partial charge on any atom is 0.573 e. The van der Waals surface area contributed by atoms with Crippen LogP contribution in [0.15, 0.2) is 23.2 Å². The number of hydrogen-bond donors (Lipinski definition) is 0. The van der Waals surface area contributed by atoms with E-state index in [4.69, 9.17) is 11.6 Å². The molecule has 4 nitrogen and oxygen atoms in total. The summed E-state index contributed by atoms with van der Waals surface area (Å²) in [5.41, 5.74) is -0.317. The Balaban J connectivity index is 2.32. The third-order valence-electron chi connectivity index (χ3n) is 3.59. The van der Waals surface area contributed by atoms with Gasteiger partial charge in [-0.25, -0.2) is 0 Å². The average molecular weight is 409 g/mol. The van der Waals surface area contributed by atoms with Crippen LogP contribution in [0.25, 0.3) is 0 Å². The Hall–Kier alpha value is -1.41. The molecule has 1 amide bonds. The van der Waals surface area contributed by atoms with Crippen LogP contribution in [0.2, 0.25) is 5.02 Å². The molecule has 0 aromatic heterocycles. The molecule has 1 saturated heterocycles. The minimum atomic E-state index is -4.91. The summed E-state index contributed by atoms with van der Waals surface area (Å²) in [7, 11) is 0. The fraction of sp³-hybridized carbons (Fsp3) is 0.529. The second-order valence-corrected chi connectivity index (χ2v) is 8.64. The van der Waals surface area contributed by atoms with Crippen LogP contribution in [0, 0.1) is 0 Å². The van der Waals surface area contributed by atoms with E-state index in [2.05, 4.69) is 16.7 Å². The summed E-state index contributed by atoms with van der Waals surface area (Å²) in [6.07, 6.45) is -2.99. The number of benzene rings is 1. The van der Waals surface area contributed by atoms with Crippen molar-refractivity contribution >= 4 is 34.4 Å². The lowest BCUT2D eigenvalue weighted by Gasteiger charge is -2.19. The van der Waals surface area contributed by atoms with Crippen molar-refractivity contribution in [3.63, 3.8) is 0 Å². The standard InChI is InChI=1S/C17H20ClF3N2O2S/c1-4-5-8-23-10-16(2,3)26-15(23)22-14(24)12-9-11(18)6-7-13(12)25-17(19,20)21/h6-7,9H,4-5,8,10H2,1-3H3/b22-15-. The topological polar surface area (TPSA) is 41.9 Å². The van der Waals surface area contributed by atoms with Crippen molar-refractivity contribution in [1.29, 1.82) is 0 Å². The summed E-state index contributed by atoms with van der Waals surface area (Å²) in [5, 5.41) is 0.636. The molecular weight excluding hydrogens is 389 g/mol. The SMILES string of the molecule is CCCCN1CC(C)(C)S/C1=N\C(=O)c1cc(Cl)ccc1OC(F)(F)F. The van der Waals surface area contributed by atoms with Gasteiger partial charge in [-0.3, -0.25) is 4.79 Å². The van der Waals surface area contributed by atoms with Crippen LogP contribution in [-0.2, 0) is 0 Å². The number of nitrogens with zero attached hydrogens (tertiary/aromatic N) is 2. The van der Waals surface area contributed by atoms with Crippen LogP contribution >= 0.6 is 23.4 Å². The lowest BCUT2D eigenvalue weighted by Crippen LogP contribution is -2.30. The van der Waals surface area contributed by atoms with E-state index in [1.54, 1.807) is 0 Å². The summed E-state index contributed by atoms with van der Waals surface area (Å²) >= 11 is 7.27. The lowest BCUT2D eigenvalue weighted by atomic mass is 10.2. The summed E-state index contributed by atoms with van der Waals surface area (Å²) in [4.78, 5) is 18.6. The molecule has 0 spiro atoms. The van der Waals surface area contributed by atoms with Gasteiger partial charge in [-0.05, 0) is 38.5 Å². The number of aliphatic imine (C=N–C) groups is 1. The predicted octanol–water partition coefficient (Wildman–Crippen LogP) is 5.36. The van der Waals surface area contributed by atoms with Gasteiger partial charge >= 0.3 is 6.36 Å². The van der Waals surface area contributed by atoms with E-state index >= 15 is 0 Å². The average Bonchev–Trinajstić information content (AvgIpc) is 2.79. The Morgan fingerprint density at radius 2 is 2.12 bits per heavy atom. The van der Waals surface area contributed by atoms with Gasteiger partial charge in [0.1, 0.15) is 5.75 Å². The number of carbonyl (C=O) groups is 1.